The minimum absolute atomic E-state index is 0.00325. The van der Waals surface area contributed by atoms with E-state index in [1.54, 1.807) is 30.3 Å². The highest BCUT2D eigenvalue weighted by Crippen LogP contribution is 2.28. The predicted octanol–water partition coefficient (Wildman–Crippen LogP) is 5.33. The summed E-state index contributed by atoms with van der Waals surface area (Å²) in [6.07, 6.45) is 8.61. The van der Waals surface area contributed by atoms with Gasteiger partial charge in [0.05, 0.1) is 17.3 Å². The largest absolute Gasteiger partial charge is 0.478 e. The summed E-state index contributed by atoms with van der Waals surface area (Å²) in [4.78, 5) is 24.0. The molecule has 2 aliphatic heterocycles. The summed E-state index contributed by atoms with van der Waals surface area (Å²) >= 11 is 0. The zero-order valence-electron chi connectivity index (χ0n) is 23.5. The molecular formula is C30H48N2O5. The van der Waals surface area contributed by atoms with E-state index in [1.165, 1.54) is 12.0 Å². The number of morpholine rings is 1. The lowest BCUT2D eigenvalue weighted by Gasteiger charge is -2.43. The van der Waals surface area contributed by atoms with E-state index in [0.717, 1.165) is 38.9 Å². The quantitative estimate of drug-likeness (QED) is 0.431. The number of hydrogen-bond acceptors (Lipinski definition) is 5. The number of nitrogens with one attached hydrogen (secondary N) is 1. The maximum absolute atomic E-state index is 11.3. The average Bonchev–Trinajstić information content (AvgIpc) is 2.90. The van der Waals surface area contributed by atoms with Gasteiger partial charge in [-0.3, -0.25) is 9.69 Å². The molecule has 0 aliphatic carbocycles. The van der Waals surface area contributed by atoms with Gasteiger partial charge in [-0.2, -0.15) is 0 Å². The maximum atomic E-state index is 11.3. The first-order valence-corrected chi connectivity index (χ1v) is 13.6. The van der Waals surface area contributed by atoms with Gasteiger partial charge in [-0.25, -0.2) is 4.79 Å². The summed E-state index contributed by atoms with van der Waals surface area (Å²) in [5.41, 5.74) is 1.57. The zero-order chi connectivity index (χ0) is 27.7. The number of carboxylic acids is 1. The number of hydrogen-bond donors (Lipinski definition) is 2. The molecule has 2 atom stereocenters. The van der Waals surface area contributed by atoms with Crippen molar-refractivity contribution in [2.45, 2.75) is 72.0 Å². The Labute approximate surface area is 223 Å². The van der Waals surface area contributed by atoms with E-state index in [-0.39, 0.29) is 24.2 Å². The lowest BCUT2D eigenvalue weighted by molar-refractivity contribution is -0.149. The summed E-state index contributed by atoms with van der Waals surface area (Å²) in [6.45, 7) is 19.2. The summed E-state index contributed by atoms with van der Waals surface area (Å²) in [5, 5.41) is 11.3. The molecule has 37 heavy (non-hydrogen) atoms. The first kappa shape index (κ1) is 32.5. The van der Waals surface area contributed by atoms with E-state index in [4.69, 9.17) is 14.6 Å². The second kappa shape index (κ2) is 17.9. The van der Waals surface area contributed by atoms with Crippen molar-refractivity contribution in [1.82, 2.24) is 10.2 Å². The van der Waals surface area contributed by atoms with Crippen LogP contribution in [0.2, 0.25) is 0 Å². The standard InChI is InChI=1S/C20H34N2O3.C7H6O2.C3H8/c1-5-17(18(6-2)24-7-3)12-16(4)13-22-10-8-20(9-11-22)15-21-19(23)14-25-20;8-7(9)6-4-2-1-3-5-6;1-3-2/h6,12,17-18H,2,5,7-11,13-15H2,1,3-4H3,(H,21,23);1-5H,(H,8,9);3H2,1-2H3/b16-12+;;. The van der Waals surface area contributed by atoms with E-state index in [0.29, 0.717) is 24.6 Å². The van der Waals surface area contributed by atoms with Crippen LogP contribution in [0, 0.1) is 5.92 Å². The van der Waals surface area contributed by atoms with Crippen LogP contribution in [0.3, 0.4) is 0 Å². The third kappa shape index (κ3) is 12.1. The summed E-state index contributed by atoms with van der Waals surface area (Å²) in [5.74, 6) is -0.496. The highest BCUT2D eigenvalue weighted by Gasteiger charge is 2.38. The van der Waals surface area contributed by atoms with Crippen LogP contribution in [0.25, 0.3) is 0 Å². The molecule has 0 bridgehead atoms. The van der Waals surface area contributed by atoms with Crippen LogP contribution in [-0.2, 0) is 14.3 Å². The number of benzene rings is 1. The lowest BCUT2D eigenvalue weighted by Crippen LogP contribution is -2.57. The molecule has 1 amide bonds. The Morgan fingerprint density at radius 2 is 1.84 bits per heavy atom. The number of nitrogens with zero attached hydrogens (tertiary/aromatic N) is 1. The molecule has 0 aromatic heterocycles. The van der Waals surface area contributed by atoms with Crippen LogP contribution in [0.1, 0.15) is 70.7 Å². The molecule has 0 radical (unpaired) electrons. The topological polar surface area (TPSA) is 88.1 Å². The molecule has 1 aromatic carbocycles. The Morgan fingerprint density at radius 3 is 2.27 bits per heavy atom. The van der Waals surface area contributed by atoms with Gasteiger partial charge in [-0.05, 0) is 45.2 Å². The van der Waals surface area contributed by atoms with Gasteiger partial charge < -0.3 is 19.9 Å². The number of aromatic carboxylic acids is 1. The van der Waals surface area contributed by atoms with E-state index in [9.17, 15) is 9.59 Å². The van der Waals surface area contributed by atoms with Gasteiger partial charge in [-0.1, -0.05) is 63.1 Å². The number of carbonyl (C=O) groups excluding carboxylic acids is 1. The van der Waals surface area contributed by atoms with Gasteiger partial charge in [0.15, 0.2) is 0 Å². The minimum atomic E-state index is -0.879. The van der Waals surface area contributed by atoms with E-state index in [1.807, 2.05) is 13.0 Å². The fourth-order valence-electron chi connectivity index (χ4n) is 4.38. The van der Waals surface area contributed by atoms with Crippen molar-refractivity contribution in [3.8, 4) is 0 Å². The van der Waals surface area contributed by atoms with Crippen LogP contribution >= 0.6 is 0 Å². The van der Waals surface area contributed by atoms with Gasteiger partial charge in [0, 0.05) is 38.7 Å². The van der Waals surface area contributed by atoms with Crippen molar-refractivity contribution in [3.05, 3.63) is 60.2 Å². The molecule has 1 aromatic rings. The average molecular weight is 517 g/mol. The number of amides is 1. The maximum Gasteiger partial charge on any atom is 0.335 e. The Morgan fingerprint density at radius 1 is 1.22 bits per heavy atom. The SMILES string of the molecule is C=CC(OCC)C(/C=C(\C)CN1CCC2(CC1)CNC(=O)CO2)CC.CCC.O=C(O)c1ccccc1. The van der Waals surface area contributed by atoms with Crippen molar-refractivity contribution in [3.63, 3.8) is 0 Å². The molecule has 7 nitrogen and oxygen atoms in total. The fourth-order valence-corrected chi connectivity index (χ4v) is 4.38. The van der Waals surface area contributed by atoms with Crippen molar-refractivity contribution < 1.29 is 24.2 Å². The Kier molecular flexibility index (Phi) is 15.7. The zero-order valence-corrected chi connectivity index (χ0v) is 23.5. The number of rotatable bonds is 9. The molecule has 2 heterocycles. The van der Waals surface area contributed by atoms with Crippen LogP contribution in [0.5, 0.6) is 0 Å². The van der Waals surface area contributed by atoms with Crippen LogP contribution < -0.4 is 5.32 Å². The summed E-state index contributed by atoms with van der Waals surface area (Å²) in [6, 6.07) is 8.30. The minimum Gasteiger partial charge on any atom is -0.478 e. The number of likely N-dealkylation sites (tertiary alicyclic amines) is 1. The highest BCUT2D eigenvalue weighted by molar-refractivity contribution is 5.87. The Hall–Kier alpha value is -2.48. The van der Waals surface area contributed by atoms with E-state index < -0.39 is 5.97 Å². The van der Waals surface area contributed by atoms with Gasteiger partial charge >= 0.3 is 5.97 Å². The molecule has 2 aliphatic rings. The molecule has 3 rings (SSSR count). The predicted molar refractivity (Wildman–Crippen MR) is 150 cm³/mol. The molecule has 208 valence electrons. The normalized spacial score (nSPS) is 18.8. The highest BCUT2D eigenvalue weighted by atomic mass is 16.5. The van der Waals surface area contributed by atoms with Crippen molar-refractivity contribution in [1.29, 1.82) is 0 Å². The summed E-state index contributed by atoms with van der Waals surface area (Å²) < 4.78 is 11.6. The second-order valence-corrected chi connectivity index (χ2v) is 9.64. The fraction of sp³-hybridized carbons (Fsp3) is 0.600. The monoisotopic (exact) mass is 516 g/mol. The van der Waals surface area contributed by atoms with Crippen molar-refractivity contribution >= 4 is 11.9 Å². The van der Waals surface area contributed by atoms with Crippen molar-refractivity contribution in [2.75, 3.05) is 39.4 Å². The third-order valence-electron chi connectivity index (χ3n) is 6.36. The lowest BCUT2D eigenvalue weighted by atomic mass is 9.89. The van der Waals surface area contributed by atoms with E-state index >= 15 is 0 Å². The molecule has 1 spiro atoms. The van der Waals surface area contributed by atoms with Gasteiger partial charge in [0.25, 0.3) is 0 Å². The number of carboxylic acid groups (broad SMARTS) is 1. The van der Waals surface area contributed by atoms with Crippen molar-refractivity contribution in [2.24, 2.45) is 5.92 Å². The van der Waals surface area contributed by atoms with Gasteiger partial charge in [-0.15, -0.1) is 6.58 Å². The van der Waals surface area contributed by atoms with Crippen LogP contribution in [0.4, 0.5) is 0 Å². The van der Waals surface area contributed by atoms with E-state index in [2.05, 4.69) is 50.6 Å². The second-order valence-electron chi connectivity index (χ2n) is 9.64. The Balaban J connectivity index is 0.000000471. The molecule has 7 heteroatoms. The number of piperidine rings is 1. The first-order valence-electron chi connectivity index (χ1n) is 13.6. The third-order valence-corrected chi connectivity index (χ3v) is 6.36. The first-order chi connectivity index (χ1) is 17.7. The van der Waals surface area contributed by atoms with Gasteiger partial charge in [0.1, 0.15) is 6.61 Å². The molecule has 2 fully saturated rings. The molecule has 2 N–H and O–H groups in total. The molecule has 2 saturated heterocycles. The van der Waals surface area contributed by atoms with Crippen LogP contribution in [-0.4, -0.2) is 73.0 Å². The Bertz CT molecular complexity index is 820. The summed E-state index contributed by atoms with van der Waals surface area (Å²) in [7, 11) is 0. The number of ether oxygens (including phenoxy) is 2. The molecule has 0 saturated carbocycles. The molecule has 2 unspecified atom stereocenters. The number of carbonyl (C=O) groups is 2. The van der Waals surface area contributed by atoms with Crippen LogP contribution in [0.15, 0.2) is 54.6 Å². The van der Waals surface area contributed by atoms with Gasteiger partial charge in [0.2, 0.25) is 5.91 Å². The molecular weight excluding hydrogens is 468 g/mol. The smallest absolute Gasteiger partial charge is 0.335 e.